The molecule has 0 saturated carbocycles. The molecule has 1 aromatic rings. The Balaban J connectivity index is 2.78. The number of aryl methyl sites for hydroxylation is 2. The van der Waals surface area contributed by atoms with Gasteiger partial charge in [-0.25, -0.2) is 0 Å². The lowest BCUT2D eigenvalue weighted by Gasteiger charge is -2.08. The minimum absolute atomic E-state index is 0.247. The second-order valence-corrected chi connectivity index (χ2v) is 5.96. The van der Waals surface area contributed by atoms with Gasteiger partial charge in [-0.15, -0.1) is 0 Å². The van der Waals surface area contributed by atoms with Crippen LogP contribution in [-0.2, 0) is 16.0 Å². The summed E-state index contributed by atoms with van der Waals surface area (Å²) in [5.41, 5.74) is 0. The van der Waals surface area contributed by atoms with E-state index in [1.807, 2.05) is 6.92 Å². The Hall–Kier alpha value is -1.78. The lowest BCUT2D eigenvalue weighted by molar-refractivity contribution is -0.137. The molecular weight excluding hydrogens is 308 g/mol. The number of carbonyl (C=O) groups excluding carboxylic acids is 2. The Labute approximate surface area is 144 Å². The zero-order valence-electron chi connectivity index (χ0n) is 15.4. The van der Waals surface area contributed by atoms with Crippen LogP contribution in [0.3, 0.4) is 0 Å². The molecule has 0 spiro atoms. The highest BCUT2D eigenvalue weighted by atomic mass is 16.6. The Kier molecular flexibility index (Phi) is 9.20. The van der Waals surface area contributed by atoms with Crippen molar-refractivity contribution in [2.75, 3.05) is 0 Å². The minimum Gasteiger partial charge on any atom is -0.458 e. The van der Waals surface area contributed by atoms with Crippen molar-refractivity contribution in [3.63, 3.8) is 0 Å². The number of carbonyl (C=O) groups is 2. The van der Waals surface area contributed by atoms with Crippen LogP contribution in [0.15, 0.2) is 4.42 Å². The van der Waals surface area contributed by atoms with Crippen molar-refractivity contribution >= 4 is 11.9 Å². The van der Waals surface area contributed by atoms with Crippen LogP contribution >= 0.6 is 0 Å². The van der Waals surface area contributed by atoms with Gasteiger partial charge < -0.3 is 13.9 Å². The Morgan fingerprint density at radius 2 is 1.33 bits per heavy atom. The summed E-state index contributed by atoms with van der Waals surface area (Å²) in [7, 11) is 0. The van der Waals surface area contributed by atoms with Crippen LogP contribution in [0.25, 0.3) is 0 Å². The number of rotatable bonds is 11. The smallest absolute Gasteiger partial charge is 0.311 e. The number of hydrogen-bond acceptors (Lipinski definition) is 5. The monoisotopic (exact) mass is 338 g/mol. The molecule has 0 N–H and O–H groups in total. The van der Waals surface area contributed by atoms with E-state index in [2.05, 4.69) is 13.8 Å². The molecule has 0 bridgehead atoms. The van der Waals surface area contributed by atoms with Crippen molar-refractivity contribution in [1.82, 2.24) is 0 Å². The van der Waals surface area contributed by atoms with Gasteiger partial charge in [0.15, 0.2) is 5.76 Å². The number of unbranched alkanes of at least 4 members (excludes halogenated alkanes) is 4. The standard InChI is InChI=1S/C19H30O5/c1-5-8-10-12-16(20)23-18-14(4)22-15(7-3)19(18)24-17(21)13-11-9-6-2/h5-13H2,1-4H3. The van der Waals surface area contributed by atoms with E-state index in [0.29, 0.717) is 30.8 Å². The average Bonchev–Trinajstić information content (AvgIpc) is 2.84. The first-order chi connectivity index (χ1) is 11.5. The predicted molar refractivity (Wildman–Crippen MR) is 92.4 cm³/mol. The summed E-state index contributed by atoms with van der Waals surface area (Å²) < 4.78 is 16.5. The minimum atomic E-state index is -0.321. The molecule has 0 unspecified atom stereocenters. The summed E-state index contributed by atoms with van der Waals surface area (Å²) in [6, 6.07) is 0. The number of esters is 2. The van der Waals surface area contributed by atoms with Crippen molar-refractivity contribution in [2.24, 2.45) is 0 Å². The van der Waals surface area contributed by atoms with E-state index < -0.39 is 0 Å². The summed E-state index contributed by atoms with van der Waals surface area (Å²) in [5.74, 6) is 0.873. The molecule has 0 aliphatic rings. The molecule has 24 heavy (non-hydrogen) atoms. The van der Waals surface area contributed by atoms with Gasteiger partial charge in [0.25, 0.3) is 0 Å². The molecule has 0 fully saturated rings. The van der Waals surface area contributed by atoms with Gasteiger partial charge in [-0.3, -0.25) is 9.59 Å². The number of hydrogen-bond donors (Lipinski definition) is 0. The van der Waals surface area contributed by atoms with Crippen molar-refractivity contribution in [2.45, 2.75) is 85.5 Å². The largest absolute Gasteiger partial charge is 0.458 e. The molecule has 1 aromatic heterocycles. The van der Waals surface area contributed by atoms with Crippen LogP contribution in [0, 0.1) is 6.92 Å². The molecule has 0 saturated heterocycles. The molecule has 0 atom stereocenters. The van der Waals surface area contributed by atoms with Crippen molar-refractivity contribution in [3.8, 4) is 11.5 Å². The van der Waals surface area contributed by atoms with E-state index in [-0.39, 0.29) is 23.4 Å². The quantitative estimate of drug-likeness (QED) is 0.414. The third-order valence-corrected chi connectivity index (χ3v) is 3.78. The summed E-state index contributed by atoms with van der Waals surface area (Å²) >= 11 is 0. The second-order valence-electron chi connectivity index (χ2n) is 5.96. The highest BCUT2D eigenvalue weighted by molar-refractivity contribution is 5.77. The highest BCUT2D eigenvalue weighted by Crippen LogP contribution is 2.38. The third-order valence-electron chi connectivity index (χ3n) is 3.78. The van der Waals surface area contributed by atoms with E-state index in [0.717, 1.165) is 38.5 Å². The second kappa shape index (κ2) is 10.9. The molecule has 5 nitrogen and oxygen atoms in total. The van der Waals surface area contributed by atoms with Crippen molar-refractivity contribution in [3.05, 3.63) is 11.5 Å². The van der Waals surface area contributed by atoms with Gasteiger partial charge in [0.2, 0.25) is 11.5 Å². The first-order valence-corrected chi connectivity index (χ1v) is 9.06. The predicted octanol–water partition coefficient (Wildman–Crippen LogP) is 5.12. The van der Waals surface area contributed by atoms with Crippen LogP contribution < -0.4 is 9.47 Å². The first-order valence-electron chi connectivity index (χ1n) is 9.06. The van der Waals surface area contributed by atoms with Crippen LogP contribution in [0.2, 0.25) is 0 Å². The van der Waals surface area contributed by atoms with Gasteiger partial charge in [0, 0.05) is 19.3 Å². The summed E-state index contributed by atoms with van der Waals surface area (Å²) in [6.45, 7) is 7.77. The fourth-order valence-corrected chi connectivity index (χ4v) is 2.39. The number of ether oxygens (including phenoxy) is 2. The molecular formula is C19H30O5. The fraction of sp³-hybridized carbons (Fsp3) is 0.684. The van der Waals surface area contributed by atoms with Gasteiger partial charge in [-0.2, -0.15) is 0 Å². The summed E-state index contributed by atoms with van der Waals surface area (Å²) in [5, 5.41) is 0. The maximum absolute atomic E-state index is 12.0. The zero-order valence-corrected chi connectivity index (χ0v) is 15.4. The molecule has 1 rings (SSSR count). The lowest BCUT2D eigenvalue weighted by atomic mass is 10.2. The van der Waals surface area contributed by atoms with Crippen LogP contribution in [0.1, 0.15) is 83.7 Å². The molecule has 0 radical (unpaired) electrons. The van der Waals surface area contributed by atoms with E-state index in [1.165, 1.54) is 0 Å². The van der Waals surface area contributed by atoms with Crippen molar-refractivity contribution in [1.29, 1.82) is 0 Å². The first kappa shape index (κ1) is 20.3. The van der Waals surface area contributed by atoms with Crippen LogP contribution in [0.4, 0.5) is 0 Å². The van der Waals surface area contributed by atoms with E-state index in [9.17, 15) is 9.59 Å². The molecule has 0 aliphatic carbocycles. The maximum Gasteiger partial charge on any atom is 0.311 e. The normalized spacial score (nSPS) is 10.7. The fourth-order valence-electron chi connectivity index (χ4n) is 2.39. The maximum atomic E-state index is 12.0. The SMILES string of the molecule is CCCCCC(=O)Oc1c(C)oc(CC)c1OC(=O)CCCCC. The lowest BCUT2D eigenvalue weighted by Crippen LogP contribution is -2.12. The Morgan fingerprint density at radius 1 is 0.833 bits per heavy atom. The van der Waals surface area contributed by atoms with Gasteiger partial charge in [-0.1, -0.05) is 46.5 Å². The van der Waals surface area contributed by atoms with Gasteiger partial charge in [-0.05, 0) is 19.8 Å². The molecule has 1 heterocycles. The molecule has 0 aliphatic heterocycles. The van der Waals surface area contributed by atoms with E-state index in [4.69, 9.17) is 13.9 Å². The van der Waals surface area contributed by atoms with Crippen LogP contribution in [0.5, 0.6) is 11.5 Å². The molecule has 0 aromatic carbocycles. The van der Waals surface area contributed by atoms with Gasteiger partial charge in [0.1, 0.15) is 5.76 Å². The average molecular weight is 338 g/mol. The summed E-state index contributed by atoms with van der Waals surface area (Å²) in [6.07, 6.45) is 6.90. The molecule has 0 amide bonds. The van der Waals surface area contributed by atoms with E-state index >= 15 is 0 Å². The zero-order chi connectivity index (χ0) is 17.9. The summed E-state index contributed by atoms with van der Waals surface area (Å²) in [4.78, 5) is 24.0. The third kappa shape index (κ3) is 6.38. The van der Waals surface area contributed by atoms with Gasteiger partial charge in [0.05, 0.1) is 0 Å². The van der Waals surface area contributed by atoms with Crippen molar-refractivity contribution < 1.29 is 23.5 Å². The highest BCUT2D eigenvalue weighted by Gasteiger charge is 2.24. The topological polar surface area (TPSA) is 65.7 Å². The van der Waals surface area contributed by atoms with Gasteiger partial charge >= 0.3 is 11.9 Å². The van der Waals surface area contributed by atoms with Crippen LogP contribution in [-0.4, -0.2) is 11.9 Å². The Bertz CT molecular complexity index is 530. The Morgan fingerprint density at radius 3 is 1.79 bits per heavy atom. The molecule has 5 heteroatoms. The number of furan rings is 1. The molecule has 136 valence electrons. The van der Waals surface area contributed by atoms with E-state index in [1.54, 1.807) is 6.92 Å².